The molecule has 3 N–H and O–H groups in total. The number of benzene rings is 4. The lowest BCUT2D eigenvalue weighted by Crippen LogP contribution is -2.39. The molecule has 3 amide bonds. The Morgan fingerprint density at radius 2 is 1.48 bits per heavy atom. The Morgan fingerprint density at radius 3 is 2.11 bits per heavy atom. The highest BCUT2D eigenvalue weighted by molar-refractivity contribution is 6.11. The van der Waals surface area contributed by atoms with E-state index in [1.807, 2.05) is 0 Å². The molecular weight excluding hydrogens is 569 g/mol. The largest absolute Gasteiger partial charge is 0.417 e. The van der Waals surface area contributed by atoms with Crippen LogP contribution in [0.25, 0.3) is 22.0 Å². The molecule has 1 atom stereocenters. The summed E-state index contributed by atoms with van der Waals surface area (Å²) in [5.74, 6) is -1.81. The van der Waals surface area contributed by atoms with Crippen molar-refractivity contribution in [3.05, 3.63) is 125 Å². The summed E-state index contributed by atoms with van der Waals surface area (Å²) in [7, 11) is 3.16. The first-order valence-electron chi connectivity index (χ1n) is 13.7. The summed E-state index contributed by atoms with van der Waals surface area (Å²) in [6.45, 7) is 1.32. The van der Waals surface area contributed by atoms with Gasteiger partial charge in [-0.15, -0.1) is 0 Å². The fraction of sp³-hybridized carbons (Fsp3) is 0.147. The summed E-state index contributed by atoms with van der Waals surface area (Å²) < 4.78 is 44.4. The maximum Gasteiger partial charge on any atom is 0.417 e. The van der Waals surface area contributed by atoms with E-state index in [0.717, 1.165) is 0 Å². The molecule has 0 radical (unpaired) electrons. The molecule has 0 saturated carbocycles. The number of anilines is 1. The van der Waals surface area contributed by atoms with Crippen molar-refractivity contribution in [3.63, 3.8) is 0 Å². The van der Waals surface area contributed by atoms with Gasteiger partial charge in [-0.05, 0) is 53.4 Å². The monoisotopic (exact) mass is 598 g/mol. The fourth-order valence-electron chi connectivity index (χ4n) is 5.30. The van der Waals surface area contributed by atoms with Gasteiger partial charge in [0.15, 0.2) is 0 Å². The Morgan fingerprint density at radius 1 is 0.818 bits per heavy atom. The van der Waals surface area contributed by atoms with E-state index in [4.69, 9.17) is 0 Å². The van der Waals surface area contributed by atoms with Gasteiger partial charge in [-0.1, -0.05) is 72.8 Å². The Hall–Kier alpha value is -5.38. The van der Waals surface area contributed by atoms with E-state index in [1.54, 1.807) is 96.5 Å². The number of fused-ring (bicyclic) bond motifs is 1. The molecule has 1 heterocycles. The summed E-state index contributed by atoms with van der Waals surface area (Å²) in [6, 6.07) is 25.6. The number of carbonyl (C=O) groups is 3. The van der Waals surface area contributed by atoms with E-state index in [9.17, 15) is 27.6 Å². The molecule has 0 spiro atoms. The van der Waals surface area contributed by atoms with Gasteiger partial charge >= 0.3 is 6.18 Å². The van der Waals surface area contributed by atoms with Crippen LogP contribution in [0.15, 0.2) is 97.1 Å². The number of hydrogen-bond donors (Lipinski definition) is 3. The zero-order chi connectivity index (χ0) is 31.6. The van der Waals surface area contributed by atoms with Crippen molar-refractivity contribution >= 4 is 34.3 Å². The Labute approximate surface area is 251 Å². The van der Waals surface area contributed by atoms with Crippen molar-refractivity contribution in [3.8, 4) is 11.1 Å². The summed E-state index contributed by atoms with van der Waals surface area (Å²) in [5.41, 5.74) is 0.834. The lowest BCUT2D eigenvalue weighted by molar-refractivity contribution is -0.138. The first kappa shape index (κ1) is 30.1. The lowest BCUT2D eigenvalue weighted by atomic mass is 9.91. The highest BCUT2D eigenvalue weighted by Gasteiger charge is 2.38. The molecule has 44 heavy (non-hydrogen) atoms. The van der Waals surface area contributed by atoms with Crippen molar-refractivity contribution in [2.24, 2.45) is 7.05 Å². The summed E-state index contributed by atoms with van der Waals surface area (Å²) in [4.78, 5) is 39.5. The van der Waals surface area contributed by atoms with E-state index in [2.05, 4.69) is 16.0 Å². The van der Waals surface area contributed by atoms with Gasteiger partial charge in [0.2, 0.25) is 5.91 Å². The van der Waals surface area contributed by atoms with Crippen LogP contribution in [0.1, 0.15) is 43.6 Å². The van der Waals surface area contributed by atoms with Crippen LogP contribution in [-0.2, 0) is 18.0 Å². The molecule has 224 valence electrons. The number of hydrogen-bond acceptors (Lipinski definition) is 3. The second-order valence-electron chi connectivity index (χ2n) is 10.3. The number of aryl methyl sites for hydroxylation is 2. The smallest absolute Gasteiger partial charge is 0.357 e. The standard InChI is InChI=1S/C34H29F3N4O3/c1-20-14-16-25(21-10-6-4-7-11-21)28(29(20)34(35,36)37)32(43)39-24-15-17-26-23(18-24)19-27(41(26)3)31(42)40-30(33(44)38-2)22-12-8-5-9-13-22/h4-19,30H,1-3H3,(H,38,44)(H,39,43)(H,40,42). The molecule has 1 unspecified atom stereocenters. The van der Waals surface area contributed by atoms with Crippen molar-refractivity contribution in [1.82, 2.24) is 15.2 Å². The Balaban J connectivity index is 1.48. The van der Waals surface area contributed by atoms with Crippen molar-refractivity contribution in [2.75, 3.05) is 12.4 Å². The second kappa shape index (κ2) is 12.1. The van der Waals surface area contributed by atoms with Crippen molar-refractivity contribution in [1.29, 1.82) is 0 Å². The molecule has 0 saturated heterocycles. The minimum Gasteiger partial charge on any atom is -0.357 e. The predicted octanol–water partition coefficient (Wildman–Crippen LogP) is 6.64. The van der Waals surface area contributed by atoms with Gasteiger partial charge in [-0.2, -0.15) is 13.2 Å². The molecule has 0 bridgehead atoms. The lowest BCUT2D eigenvalue weighted by Gasteiger charge is -2.19. The van der Waals surface area contributed by atoms with E-state index in [0.29, 0.717) is 22.0 Å². The van der Waals surface area contributed by atoms with E-state index >= 15 is 0 Å². The van der Waals surface area contributed by atoms with Crippen LogP contribution in [0, 0.1) is 6.92 Å². The molecule has 0 fully saturated rings. The summed E-state index contributed by atoms with van der Waals surface area (Å²) >= 11 is 0. The maximum atomic E-state index is 14.3. The number of rotatable bonds is 7. The highest BCUT2D eigenvalue weighted by Crippen LogP contribution is 2.39. The minimum atomic E-state index is -4.76. The third-order valence-electron chi connectivity index (χ3n) is 7.46. The molecule has 0 aliphatic heterocycles. The first-order valence-corrected chi connectivity index (χ1v) is 13.7. The van der Waals surface area contributed by atoms with E-state index in [1.165, 1.54) is 26.1 Å². The van der Waals surface area contributed by atoms with E-state index < -0.39 is 41.1 Å². The van der Waals surface area contributed by atoms with Gasteiger partial charge in [-0.25, -0.2) is 0 Å². The zero-order valence-corrected chi connectivity index (χ0v) is 24.1. The Bertz CT molecular complexity index is 1870. The van der Waals surface area contributed by atoms with Crippen LogP contribution < -0.4 is 16.0 Å². The molecular formula is C34H29F3N4O3. The third kappa shape index (κ3) is 5.92. The van der Waals surface area contributed by atoms with Crippen molar-refractivity contribution in [2.45, 2.75) is 19.1 Å². The fourth-order valence-corrected chi connectivity index (χ4v) is 5.30. The van der Waals surface area contributed by atoms with Crippen LogP contribution in [0.4, 0.5) is 18.9 Å². The number of likely N-dealkylation sites (N-methyl/N-ethyl adjacent to an activating group) is 1. The quantitative estimate of drug-likeness (QED) is 0.196. The molecule has 10 heteroatoms. The average molecular weight is 599 g/mol. The topological polar surface area (TPSA) is 92.2 Å². The number of aromatic nitrogens is 1. The van der Waals surface area contributed by atoms with Crippen LogP contribution in [-0.4, -0.2) is 29.3 Å². The molecule has 1 aromatic heterocycles. The molecule has 7 nitrogen and oxygen atoms in total. The number of nitrogens with zero attached hydrogens (tertiary/aromatic N) is 1. The molecule has 4 aromatic carbocycles. The molecule has 0 aliphatic rings. The SMILES string of the molecule is CNC(=O)C(NC(=O)c1cc2cc(NC(=O)c3c(-c4ccccc4)ccc(C)c3C(F)(F)F)ccc2n1C)c1ccccc1. The van der Waals surface area contributed by atoms with Gasteiger partial charge in [-0.3, -0.25) is 14.4 Å². The van der Waals surface area contributed by atoms with E-state index in [-0.39, 0.29) is 22.5 Å². The Kier molecular flexibility index (Phi) is 8.26. The summed E-state index contributed by atoms with van der Waals surface area (Å²) in [5, 5.41) is 8.53. The summed E-state index contributed by atoms with van der Waals surface area (Å²) in [6.07, 6.45) is -4.76. The molecule has 5 rings (SSSR count). The number of amides is 3. The van der Waals surface area contributed by atoms with Crippen LogP contribution in [0.5, 0.6) is 0 Å². The van der Waals surface area contributed by atoms with Crippen LogP contribution in [0.3, 0.4) is 0 Å². The van der Waals surface area contributed by atoms with Crippen LogP contribution in [0.2, 0.25) is 0 Å². The number of alkyl halides is 3. The number of halogens is 3. The average Bonchev–Trinajstić information content (AvgIpc) is 3.34. The molecule has 5 aromatic rings. The van der Waals surface area contributed by atoms with Crippen molar-refractivity contribution < 1.29 is 27.6 Å². The van der Waals surface area contributed by atoms with Gasteiger partial charge in [0.1, 0.15) is 11.7 Å². The van der Waals surface area contributed by atoms with Gasteiger partial charge < -0.3 is 20.5 Å². The van der Waals surface area contributed by atoms with Gasteiger partial charge in [0, 0.05) is 30.7 Å². The normalized spacial score (nSPS) is 12.0. The highest BCUT2D eigenvalue weighted by atomic mass is 19.4. The maximum absolute atomic E-state index is 14.3. The first-order chi connectivity index (χ1) is 21.0. The third-order valence-corrected chi connectivity index (χ3v) is 7.46. The second-order valence-corrected chi connectivity index (χ2v) is 10.3. The van der Waals surface area contributed by atoms with Crippen LogP contribution >= 0.6 is 0 Å². The minimum absolute atomic E-state index is 0.0675. The zero-order valence-electron chi connectivity index (χ0n) is 24.1. The predicted molar refractivity (Wildman–Crippen MR) is 163 cm³/mol. The number of carbonyl (C=O) groups excluding carboxylic acids is 3. The van der Waals surface area contributed by atoms with Gasteiger partial charge in [0.05, 0.1) is 11.1 Å². The number of nitrogens with one attached hydrogen (secondary N) is 3. The molecule has 0 aliphatic carbocycles. The van der Waals surface area contributed by atoms with Gasteiger partial charge in [0.25, 0.3) is 11.8 Å².